The van der Waals surface area contributed by atoms with Crippen LogP contribution in [0.4, 0.5) is 9.59 Å². The number of rotatable bonds is 5. The first-order valence-electron chi connectivity index (χ1n) is 7.72. The topological polar surface area (TPSA) is 88.1 Å². The molecule has 1 atom stereocenters. The summed E-state index contributed by atoms with van der Waals surface area (Å²) in [6.07, 6.45) is -0.679. The summed E-state index contributed by atoms with van der Waals surface area (Å²) in [5, 5.41) is 11.9. The molecule has 0 aliphatic rings. The minimum Gasteiger partial charge on any atom is -0.444 e. The summed E-state index contributed by atoms with van der Waals surface area (Å²) in [6, 6.07) is 6.34. The number of aliphatic hydroxyl groups is 1. The Hall–Kier alpha value is -2.28. The molecule has 2 amide bonds. The van der Waals surface area contributed by atoms with Gasteiger partial charge in [0, 0.05) is 20.7 Å². The molecule has 0 fully saturated rings. The van der Waals surface area contributed by atoms with Crippen molar-refractivity contribution in [2.75, 3.05) is 20.7 Å². The molecule has 0 aliphatic heterocycles. The molecule has 0 spiro atoms. The van der Waals surface area contributed by atoms with Crippen LogP contribution >= 0.6 is 0 Å². The molecule has 2 N–H and O–H groups in total. The van der Waals surface area contributed by atoms with Gasteiger partial charge in [0.1, 0.15) is 11.4 Å². The Morgan fingerprint density at radius 2 is 1.79 bits per heavy atom. The average molecular weight is 338 g/mol. The number of ether oxygens (including phenoxy) is 2. The molecule has 134 valence electrons. The molecular formula is C17H26N2O5. The molecule has 0 bridgehead atoms. The Bertz CT molecular complexity index is 549. The third-order valence-corrected chi connectivity index (χ3v) is 2.96. The Morgan fingerprint density at radius 1 is 1.21 bits per heavy atom. The lowest BCUT2D eigenvalue weighted by Crippen LogP contribution is -2.35. The number of benzene rings is 1. The summed E-state index contributed by atoms with van der Waals surface area (Å²) in [5.41, 5.74) is 0.178. The number of nitrogens with one attached hydrogen (secondary N) is 1. The minimum atomic E-state index is -0.599. The van der Waals surface area contributed by atoms with E-state index in [1.807, 2.05) is 0 Å². The second-order valence-electron chi connectivity index (χ2n) is 6.54. The third kappa shape index (κ3) is 6.87. The summed E-state index contributed by atoms with van der Waals surface area (Å²) in [5.74, 6) is 0.400. The molecule has 7 nitrogen and oxygen atoms in total. The van der Waals surface area contributed by atoms with Gasteiger partial charge in [-0.25, -0.2) is 9.59 Å². The number of amides is 2. The lowest BCUT2D eigenvalue weighted by Gasteiger charge is -2.23. The smallest absolute Gasteiger partial charge is 0.414 e. The highest BCUT2D eigenvalue weighted by atomic mass is 16.6. The van der Waals surface area contributed by atoms with Crippen LogP contribution in [0.5, 0.6) is 5.75 Å². The van der Waals surface area contributed by atoms with Crippen molar-refractivity contribution in [3.05, 3.63) is 29.8 Å². The molecule has 0 heterocycles. The van der Waals surface area contributed by atoms with Crippen LogP contribution in [0, 0.1) is 0 Å². The van der Waals surface area contributed by atoms with Gasteiger partial charge in [-0.1, -0.05) is 12.1 Å². The first kappa shape index (κ1) is 19.8. The van der Waals surface area contributed by atoms with Gasteiger partial charge in [-0.15, -0.1) is 0 Å². The van der Waals surface area contributed by atoms with Gasteiger partial charge in [-0.2, -0.15) is 0 Å². The molecule has 1 aromatic rings. The van der Waals surface area contributed by atoms with Gasteiger partial charge < -0.3 is 24.8 Å². The summed E-state index contributed by atoms with van der Waals surface area (Å²) in [6.45, 7) is 5.25. The van der Waals surface area contributed by atoms with E-state index in [1.165, 1.54) is 4.90 Å². The lowest BCUT2D eigenvalue weighted by atomic mass is 10.0. The molecule has 1 aromatic carbocycles. The molecule has 0 aromatic heterocycles. The van der Waals surface area contributed by atoms with Crippen LogP contribution in [0.25, 0.3) is 0 Å². The first-order chi connectivity index (χ1) is 11.1. The lowest BCUT2D eigenvalue weighted by molar-refractivity contribution is 0.0496. The van der Waals surface area contributed by atoms with Crippen molar-refractivity contribution in [2.24, 2.45) is 0 Å². The number of carbonyl (C=O) groups is 2. The van der Waals surface area contributed by atoms with Crippen molar-refractivity contribution in [1.82, 2.24) is 10.2 Å². The first-order valence-corrected chi connectivity index (χ1v) is 7.72. The Morgan fingerprint density at radius 3 is 2.25 bits per heavy atom. The molecule has 0 saturated heterocycles. The van der Waals surface area contributed by atoms with E-state index in [9.17, 15) is 14.7 Å². The highest BCUT2D eigenvalue weighted by molar-refractivity contribution is 5.70. The van der Waals surface area contributed by atoms with Gasteiger partial charge in [0.15, 0.2) is 0 Å². The summed E-state index contributed by atoms with van der Waals surface area (Å²) < 4.78 is 10.4. The SMILES string of the molecule is CN(C)C(=O)Oc1ccc([C@@H](CCO)NC(=O)OC(C)(C)C)cc1. The van der Waals surface area contributed by atoms with Gasteiger partial charge >= 0.3 is 12.2 Å². The highest BCUT2D eigenvalue weighted by Crippen LogP contribution is 2.21. The van der Waals surface area contributed by atoms with E-state index >= 15 is 0 Å². The predicted octanol–water partition coefficient (Wildman–Crippen LogP) is 2.70. The van der Waals surface area contributed by atoms with Crippen molar-refractivity contribution < 1.29 is 24.2 Å². The Balaban J connectivity index is 2.78. The normalized spacial score (nSPS) is 12.2. The number of carbonyl (C=O) groups excluding carboxylic acids is 2. The van der Waals surface area contributed by atoms with Crippen molar-refractivity contribution in [1.29, 1.82) is 0 Å². The highest BCUT2D eigenvalue weighted by Gasteiger charge is 2.20. The third-order valence-electron chi connectivity index (χ3n) is 2.96. The van der Waals surface area contributed by atoms with Gasteiger partial charge in [-0.05, 0) is 44.9 Å². The van der Waals surface area contributed by atoms with E-state index in [0.29, 0.717) is 12.2 Å². The standard InChI is InChI=1S/C17H26N2O5/c1-17(2,3)24-15(21)18-14(10-11-20)12-6-8-13(9-7-12)23-16(22)19(4)5/h6-9,14,20H,10-11H2,1-5H3,(H,18,21)/t14-/m1/s1. The number of nitrogens with zero attached hydrogens (tertiary/aromatic N) is 1. The quantitative estimate of drug-likeness (QED) is 0.862. The molecule has 7 heteroatoms. The van der Waals surface area contributed by atoms with E-state index < -0.39 is 23.8 Å². The fraction of sp³-hybridized carbons (Fsp3) is 0.529. The van der Waals surface area contributed by atoms with E-state index in [2.05, 4.69) is 5.32 Å². The summed E-state index contributed by atoms with van der Waals surface area (Å²) in [4.78, 5) is 24.7. The Kier molecular flexibility index (Phi) is 7.03. The van der Waals surface area contributed by atoms with Crippen molar-refractivity contribution in [2.45, 2.75) is 38.8 Å². The molecule has 0 unspecified atom stereocenters. The molecule has 0 aliphatic carbocycles. The average Bonchev–Trinajstić information content (AvgIpc) is 2.45. The van der Waals surface area contributed by atoms with E-state index in [1.54, 1.807) is 59.1 Å². The zero-order valence-corrected chi connectivity index (χ0v) is 14.8. The van der Waals surface area contributed by atoms with Gasteiger partial charge in [-0.3, -0.25) is 0 Å². The second-order valence-corrected chi connectivity index (χ2v) is 6.54. The van der Waals surface area contributed by atoms with Crippen LogP contribution in [0.15, 0.2) is 24.3 Å². The van der Waals surface area contributed by atoms with Crippen LogP contribution in [0.2, 0.25) is 0 Å². The number of alkyl carbamates (subject to hydrolysis) is 1. The van der Waals surface area contributed by atoms with Crippen LogP contribution in [0.3, 0.4) is 0 Å². The molecule has 0 saturated carbocycles. The predicted molar refractivity (Wildman–Crippen MR) is 90.0 cm³/mol. The van der Waals surface area contributed by atoms with Crippen molar-refractivity contribution in [3.8, 4) is 5.75 Å². The van der Waals surface area contributed by atoms with Gasteiger partial charge in [0.05, 0.1) is 6.04 Å². The maximum atomic E-state index is 11.9. The maximum absolute atomic E-state index is 11.9. The fourth-order valence-corrected chi connectivity index (χ4v) is 1.86. The van der Waals surface area contributed by atoms with Crippen LogP contribution < -0.4 is 10.1 Å². The van der Waals surface area contributed by atoms with Gasteiger partial charge in [0.25, 0.3) is 0 Å². The molecule has 1 rings (SSSR count). The monoisotopic (exact) mass is 338 g/mol. The molecule has 24 heavy (non-hydrogen) atoms. The van der Waals surface area contributed by atoms with Crippen LogP contribution in [-0.4, -0.2) is 48.5 Å². The van der Waals surface area contributed by atoms with E-state index in [4.69, 9.17) is 9.47 Å². The van der Waals surface area contributed by atoms with E-state index in [0.717, 1.165) is 5.56 Å². The number of aliphatic hydroxyl groups excluding tert-OH is 1. The minimum absolute atomic E-state index is 0.0855. The van der Waals surface area contributed by atoms with Crippen LogP contribution in [-0.2, 0) is 4.74 Å². The second kappa shape index (κ2) is 8.54. The largest absolute Gasteiger partial charge is 0.444 e. The fourth-order valence-electron chi connectivity index (χ4n) is 1.86. The Labute approximate surface area is 142 Å². The maximum Gasteiger partial charge on any atom is 0.414 e. The summed E-state index contributed by atoms with van der Waals surface area (Å²) >= 11 is 0. The van der Waals surface area contributed by atoms with Crippen molar-refractivity contribution >= 4 is 12.2 Å². The van der Waals surface area contributed by atoms with E-state index in [-0.39, 0.29) is 6.61 Å². The zero-order valence-electron chi connectivity index (χ0n) is 14.8. The van der Waals surface area contributed by atoms with Crippen LogP contribution in [0.1, 0.15) is 38.8 Å². The zero-order chi connectivity index (χ0) is 18.3. The summed E-state index contributed by atoms with van der Waals surface area (Å²) in [7, 11) is 3.19. The molecule has 0 radical (unpaired) electrons. The van der Waals surface area contributed by atoms with Gasteiger partial charge in [0.2, 0.25) is 0 Å². The molecular weight excluding hydrogens is 312 g/mol. The number of hydrogen-bond donors (Lipinski definition) is 2. The van der Waals surface area contributed by atoms with Crippen molar-refractivity contribution in [3.63, 3.8) is 0 Å². The number of hydrogen-bond acceptors (Lipinski definition) is 5.